The van der Waals surface area contributed by atoms with E-state index < -0.39 is 5.91 Å². The number of carbonyl (C=O) groups is 2. The summed E-state index contributed by atoms with van der Waals surface area (Å²) in [5, 5.41) is 12.2. The number of benzene rings is 2. The largest absolute Gasteiger partial charge is 0.457 e. The summed E-state index contributed by atoms with van der Waals surface area (Å²) in [5.74, 6) is 1.45. The van der Waals surface area contributed by atoms with Crippen LogP contribution in [0.4, 0.5) is 10.6 Å². The van der Waals surface area contributed by atoms with Crippen LogP contribution in [-0.4, -0.2) is 61.0 Å². The fraction of sp³-hybridized carbons (Fsp3) is 0.296. The van der Waals surface area contributed by atoms with Crippen LogP contribution in [0.25, 0.3) is 11.3 Å². The Labute approximate surface area is 220 Å². The molecule has 4 aromatic rings. The number of fused-ring (bicyclic) bond motifs is 1. The molecule has 2 atom stereocenters. The fourth-order valence-electron chi connectivity index (χ4n) is 5.11. The molecule has 11 nitrogen and oxygen atoms in total. The molecule has 3 heterocycles. The van der Waals surface area contributed by atoms with E-state index >= 15 is 0 Å². The van der Waals surface area contributed by atoms with Gasteiger partial charge in [0.2, 0.25) is 0 Å². The average molecular weight is 515 g/mol. The second kappa shape index (κ2) is 10.4. The van der Waals surface area contributed by atoms with E-state index in [0.717, 1.165) is 11.3 Å². The van der Waals surface area contributed by atoms with Crippen molar-refractivity contribution in [2.24, 2.45) is 11.7 Å². The molecular weight excluding hydrogens is 484 g/mol. The molecule has 196 valence electrons. The highest BCUT2D eigenvalue weighted by Gasteiger charge is 2.38. The zero-order chi connectivity index (χ0) is 26.8. The molecule has 38 heavy (non-hydrogen) atoms. The lowest BCUT2D eigenvalue weighted by Gasteiger charge is -2.39. The number of likely N-dealkylation sites (N-methyl/N-ethyl adjacent to an activating group) is 1. The molecule has 2 aromatic carbocycles. The SMILES string of the molecule is CC(C)[C@@H](C1CCNc2c(C(N)=O)c(-c3ccc(Oc4ccccc4)cc3)nn21)N(C)C(=O)n1cncn1. The van der Waals surface area contributed by atoms with Crippen molar-refractivity contribution in [1.29, 1.82) is 0 Å². The van der Waals surface area contributed by atoms with Gasteiger partial charge in [0, 0.05) is 19.2 Å². The number of primary amides is 1. The van der Waals surface area contributed by atoms with Crippen molar-refractivity contribution < 1.29 is 14.3 Å². The van der Waals surface area contributed by atoms with Crippen LogP contribution < -0.4 is 15.8 Å². The molecule has 0 fully saturated rings. The van der Waals surface area contributed by atoms with Crippen molar-refractivity contribution in [2.45, 2.75) is 32.4 Å². The van der Waals surface area contributed by atoms with Crippen molar-refractivity contribution in [1.82, 2.24) is 29.4 Å². The summed E-state index contributed by atoms with van der Waals surface area (Å²) >= 11 is 0. The van der Waals surface area contributed by atoms with Gasteiger partial charge in [-0.2, -0.15) is 14.9 Å². The number of para-hydroxylation sites is 1. The van der Waals surface area contributed by atoms with Crippen LogP contribution in [0.5, 0.6) is 11.5 Å². The highest BCUT2D eigenvalue weighted by Crippen LogP contribution is 2.38. The Hall–Kier alpha value is -4.67. The molecule has 0 bridgehead atoms. The predicted molar refractivity (Wildman–Crippen MR) is 142 cm³/mol. The number of carbonyl (C=O) groups excluding carboxylic acids is 2. The first-order valence-corrected chi connectivity index (χ1v) is 12.5. The van der Waals surface area contributed by atoms with Crippen LogP contribution in [0.1, 0.15) is 36.7 Å². The number of nitrogens with two attached hydrogens (primary N) is 1. The Morgan fingerprint density at radius 1 is 1.11 bits per heavy atom. The number of hydrogen-bond acceptors (Lipinski definition) is 7. The number of amides is 2. The minimum Gasteiger partial charge on any atom is -0.457 e. The molecule has 0 saturated heterocycles. The van der Waals surface area contributed by atoms with Gasteiger partial charge in [-0.1, -0.05) is 32.0 Å². The van der Waals surface area contributed by atoms with E-state index in [-0.39, 0.29) is 24.0 Å². The molecule has 5 rings (SSSR count). The van der Waals surface area contributed by atoms with Gasteiger partial charge >= 0.3 is 6.03 Å². The summed E-state index contributed by atoms with van der Waals surface area (Å²) in [6.45, 7) is 4.72. The van der Waals surface area contributed by atoms with E-state index in [9.17, 15) is 9.59 Å². The average Bonchev–Trinajstić information content (AvgIpc) is 3.58. The van der Waals surface area contributed by atoms with Crippen molar-refractivity contribution >= 4 is 17.8 Å². The topological polar surface area (TPSA) is 133 Å². The number of ether oxygens (including phenoxy) is 1. The lowest BCUT2D eigenvalue weighted by molar-refractivity contribution is 0.100. The number of nitrogens with zero attached hydrogens (tertiary/aromatic N) is 6. The lowest BCUT2D eigenvalue weighted by atomic mass is 9.92. The third-order valence-electron chi connectivity index (χ3n) is 6.75. The smallest absolute Gasteiger partial charge is 0.346 e. The first-order valence-electron chi connectivity index (χ1n) is 12.5. The van der Waals surface area contributed by atoms with E-state index in [4.69, 9.17) is 15.6 Å². The van der Waals surface area contributed by atoms with Crippen LogP contribution >= 0.6 is 0 Å². The molecule has 11 heteroatoms. The number of nitrogens with one attached hydrogen (secondary N) is 1. The molecule has 1 aliphatic heterocycles. The first kappa shape index (κ1) is 25.0. The summed E-state index contributed by atoms with van der Waals surface area (Å²) in [6, 6.07) is 16.1. The van der Waals surface area contributed by atoms with Gasteiger partial charge in [0.25, 0.3) is 5.91 Å². The monoisotopic (exact) mass is 514 g/mol. The zero-order valence-electron chi connectivity index (χ0n) is 21.5. The number of rotatable bonds is 7. The number of anilines is 1. The predicted octanol–water partition coefficient (Wildman–Crippen LogP) is 4.01. The molecule has 1 aliphatic rings. The quantitative estimate of drug-likeness (QED) is 0.381. The summed E-state index contributed by atoms with van der Waals surface area (Å²) in [4.78, 5) is 31.4. The third-order valence-corrected chi connectivity index (χ3v) is 6.75. The maximum atomic E-state index is 13.1. The molecular formula is C27H30N8O3. The highest BCUT2D eigenvalue weighted by atomic mass is 16.5. The Balaban J connectivity index is 1.50. The second-order valence-electron chi connectivity index (χ2n) is 9.57. The second-order valence-corrected chi connectivity index (χ2v) is 9.57. The van der Waals surface area contributed by atoms with Gasteiger partial charge in [-0.3, -0.25) is 4.79 Å². The van der Waals surface area contributed by atoms with E-state index in [1.165, 1.54) is 17.3 Å². The van der Waals surface area contributed by atoms with Crippen LogP contribution in [0.3, 0.4) is 0 Å². The molecule has 1 unspecified atom stereocenters. The van der Waals surface area contributed by atoms with E-state index in [1.54, 1.807) is 11.9 Å². The summed E-state index contributed by atoms with van der Waals surface area (Å²) in [6.07, 6.45) is 3.41. The molecule has 2 aromatic heterocycles. The van der Waals surface area contributed by atoms with Crippen molar-refractivity contribution in [3.8, 4) is 22.8 Å². The molecule has 3 N–H and O–H groups in total. The minimum atomic E-state index is -0.577. The van der Waals surface area contributed by atoms with Crippen LogP contribution in [0.15, 0.2) is 67.3 Å². The van der Waals surface area contributed by atoms with Gasteiger partial charge in [-0.05, 0) is 48.7 Å². The van der Waals surface area contributed by atoms with E-state index in [0.29, 0.717) is 35.8 Å². The maximum absolute atomic E-state index is 13.1. The third kappa shape index (κ3) is 4.70. The zero-order valence-corrected chi connectivity index (χ0v) is 21.5. The summed E-state index contributed by atoms with van der Waals surface area (Å²) in [7, 11) is 1.75. The fourth-order valence-corrected chi connectivity index (χ4v) is 5.11. The van der Waals surface area contributed by atoms with Gasteiger partial charge in [-0.25, -0.2) is 14.5 Å². The van der Waals surface area contributed by atoms with Gasteiger partial charge in [0.1, 0.15) is 41.2 Å². The normalized spacial score (nSPS) is 15.4. The lowest BCUT2D eigenvalue weighted by Crippen LogP contribution is -2.49. The molecule has 0 saturated carbocycles. The highest BCUT2D eigenvalue weighted by molar-refractivity contribution is 6.03. The summed E-state index contributed by atoms with van der Waals surface area (Å²) < 4.78 is 8.92. The Morgan fingerprint density at radius 3 is 2.45 bits per heavy atom. The van der Waals surface area contributed by atoms with Crippen molar-refractivity contribution in [3.63, 3.8) is 0 Å². The molecule has 0 radical (unpaired) electrons. The van der Waals surface area contributed by atoms with Gasteiger partial charge in [0.15, 0.2) is 0 Å². The van der Waals surface area contributed by atoms with E-state index in [2.05, 4.69) is 29.2 Å². The Kier molecular flexibility index (Phi) is 6.82. The molecule has 2 amide bonds. The standard InChI is InChI=1S/C27H30N8O3/c1-17(2)24(33(3)27(37)34-16-29-15-31-34)21-13-14-30-26-22(25(28)36)23(32-35(21)26)18-9-11-20(12-10-18)38-19-7-5-4-6-8-19/h4-12,15-17,21,24,30H,13-14H2,1-3H3,(H2,28,36)/t21?,24-/m0/s1. The van der Waals surface area contributed by atoms with Crippen LogP contribution in [0, 0.1) is 5.92 Å². The Morgan fingerprint density at radius 2 is 1.82 bits per heavy atom. The van der Waals surface area contributed by atoms with Crippen molar-refractivity contribution in [2.75, 3.05) is 18.9 Å². The summed E-state index contributed by atoms with van der Waals surface area (Å²) in [5.41, 5.74) is 7.39. The van der Waals surface area contributed by atoms with Crippen molar-refractivity contribution in [3.05, 3.63) is 72.8 Å². The first-order chi connectivity index (χ1) is 18.3. The molecule has 0 aliphatic carbocycles. The minimum absolute atomic E-state index is 0.0857. The van der Waals surface area contributed by atoms with Crippen LogP contribution in [0.2, 0.25) is 0 Å². The van der Waals surface area contributed by atoms with Gasteiger partial charge < -0.3 is 20.7 Å². The van der Waals surface area contributed by atoms with E-state index in [1.807, 2.05) is 59.3 Å². The number of aromatic nitrogens is 5. The van der Waals surface area contributed by atoms with Crippen LogP contribution in [-0.2, 0) is 0 Å². The number of hydrogen-bond donors (Lipinski definition) is 2. The molecule has 0 spiro atoms. The maximum Gasteiger partial charge on any atom is 0.346 e. The van der Waals surface area contributed by atoms with Gasteiger partial charge in [0.05, 0.1) is 12.1 Å². The Bertz CT molecular complexity index is 1410. The van der Waals surface area contributed by atoms with Gasteiger partial charge in [-0.15, -0.1) is 0 Å².